The van der Waals surface area contributed by atoms with Crippen LogP contribution in [-0.2, 0) is 13.3 Å². The number of aryl methyl sites for hydroxylation is 2. The van der Waals surface area contributed by atoms with Crippen LogP contribution in [0.4, 0.5) is 5.69 Å². The van der Waals surface area contributed by atoms with Gasteiger partial charge in [-0.3, -0.25) is 9.48 Å². The highest BCUT2D eigenvalue weighted by atomic mass is 35.5. The normalized spacial score (nSPS) is 10.8. The van der Waals surface area contributed by atoms with Gasteiger partial charge in [0.25, 0.3) is 5.91 Å². The topological polar surface area (TPSA) is 74.0 Å². The van der Waals surface area contributed by atoms with Crippen molar-refractivity contribution in [2.45, 2.75) is 27.1 Å². The third-order valence-electron chi connectivity index (χ3n) is 4.80. The maximum absolute atomic E-state index is 12.5. The number of hydrogen-bond acceptors (Lipinski definition) is 4. The fourth-order valence-electron chi connectivity index (χ4n) is 3.08. The molecule has 31 heavy (non-hydrogen) atoms. The molecule has 0 aliphatic carbocycles. The summed E-state index contributed by atoms with van der Waals surface area (Å²) in [6, 6.07) is 15.3. The number of nitrogens with one attached hydrogen (secondary N) is 1. The molecule has 0 saturated carbocycles. The summed E-state index contributed by atoms with van der Waals surface area (Å²) >= 11 is 6.14. The monoisotopic (exact) mass is 435 g/mol. The van der Waals surface area contributed by atoms with Gasteiger partial charge in [0.15, 0.2) is 12.4 Å². The van der Waals surface area contributed by atoms with Crippen molar-refractivity contribution in [2.24, 2.45) is 0 Å². The number of carbonyl (C=O) groups is 1. The first-order valence-electron chi connectivity index (χ1n) is 9.78. The molecule has 0 saturated heterocycles. The van der Waals surface area contributed by atoms with E-state index in [1.807, 2.05) is 31.2 Å². The van der Waals surface area contributed by atoms with Crippen LogP contribution < -0.4 is 10.1 Å². The Morgan fingerprint density at radius 3 is 2.81 bits per heavy atom. The van der Waals surface area contributed by atoms with E-state index >= 15 is 0 Å². The van der Waals surface area contributed by atoms with Crippen LogP contribution in [0.2, 0.25) is 5.02 Å². The lowest BCUT2D eigenvalue weighted by atomic mass is 10.1. The summed E-state index contributed by atoms with van der Waals surface area (Å²) in [7, 11) is 0. The maximum Gasteiger partial charge on any atom is 0.276 e. The minimum absolute atomic E-state index is 0.144. The van der Waals surface area contributed by atoms with Crippen molar-refractivity contribution < 1.29 is 9.53 Å². The summed E-state index contributed by atoms with van der Waals surface area (Å²) in [6.07, 6.45) is 5.10. The molecule has 0 bridgehead atoms. The number of aromatic nitrogens is 4. The molecule has 2 heterocycles. The fourth-order valence-corrected chi connectivity index (χ4v) is 3.26. The molecular weight excluding hydrogens is 414 g/mol. The van der Waals surface area contributed by atoms with Gasteiger partial charge in [-0.25, -0.2) is 4.68 Å². The van der Waals surface area contributed by atoms with Crippen LogP contribution in [0.1, 0.15) is 27.2 Å². The molecule has 8 heteroatoms. The van der Waals surface area contributed by atoms with E-state index < -0.39 is 0 Å². The lowest BCUT2D eigenvalue weighted by Gasteiger charge is -2.08. The van der Waals surface area contributed by atoms with Gasteiger partial charge in [0.1, 0.15) is 5.75 Å². The van der Waals surface area contributed by atoms with Gasteiger partial charge in [-0.15, -0.1) is 0 Å². The highest BCUT2D eigenvalue weighted by molar-refractivity contribution is 6.32. The Morgan fingerprint density at radius 1 is 1.13 bits per heavy atom. The van der Waals surface area contributed by atoms with Crippen LogP contribution >= 0.6 is 11.6 Å². The summed E-state index contributed by atoms with van der Waals surface area (Å²) in [5.41, 5.74) is 4.31. The Bertz CT molecular complexity index is 1210. The van der Waals surface area contributed by atoms with Gasteiger partial charge < -0.3 is 10.1 Å². The van der Waals surface area contributed by atoms with Crippen molar-refractivity contribution in [1.82, 2.24) is 19.6 Å². The zero-order valence-corrected chi connectivity index (χ0v) is 18.0. The molecule has 2 aromatic carbocycles. The second kappa shape index (κ2) is 9.06. The highest BCUT2D eigenvalue weighted by Crippen LogP contribution is 2.25. The summed E-state index contributed by atoms with van der Waals surface area (Å²) < 4.78 is 9.03. The van der Waals surface area contributed by atoms with E-state index in [-0.39, 0.29) is 18.3 Å². The number of halogens is 1. The van der Waals surface area contributed by atoms with Crippen molar-refractivity contribution in [2.75, 3.05) is 5.32 Å². The van der Waals surface area contributed by atoms with Gasteiger partial charge in [0, 0.05) is 12.4 Å². The van der Waals surface area contributed by atoms with Gasteiger partial charge in [-0.2, -0.15) is 10.2 Å². The van der Waals surface area contributed by atoms with E-state index in [0.717, 1.165) is 5.56 Å². The largest absolute Gasteiger partial charge is 0.470 e. The van der Waals surface area contributed by atoms with Crippen LogP contribution in [0.15, 0.2) is 67.1 Å². The summed E-state index contributed by atoms with van der Waals surface area (Å²) in [6.45, 7) is 4.80. The summed E-state index contributed by atoms with van der Waals surface area (Å²) in [5, 5.41) is 11.9. The zero-order valence-electron chi connectivity index (χ0n) is 17.2. The molecule has 1 amide bonds. The molecule has 1 N–H and O–H groups in total. The predicted octanol–water partition coefficient (Wildman–Crippen LogP) is 4.69. The zero-order chi connectivity index (χ0) is 21.8. The van der Waals surface area contributed by atoms with Crippen molar-refractivity contribution >= 4 is 23.2 Å². The Hall–Kier alpha value is -3.58. The maximum atomic E-state index is 12.5. The van der Waals surface area contributed by atoms with Gasteiger partial charge in [0.05, 0.1) is 23.5 Å². The van der Waals surface area contributed by atoms with Crippen molar-refractivity contribution in [3.63, 3.8) is 0 Å². The smallest absolute Gasteiger partial charge is 0.276 e. The molecule has 0 atom stereocenters. The number of amides is 1. The standard InChI is InChI=1S/C23H22ClN5O2/c1-16-7-8-20(24)22(11-16)31-15-28-10-9-21(27-28)23(30)26-19-12-25-29(14-19)13-18-6-4-3-5-17(18)2/h3-12,14H,13,15H2,1-2H3,(H,26,30). The first-order valence-corrected chi connectivity index (χ1v) is 10.2. The first kappa shape index (κ1) is 20.7. The fraction of sp³-hybridized carbons (Fsp3) is 0.174. The van der Waals surface area contributed by atoms with Crippen LogP contribution in [0.3, 0.4) is 0 Å². The SMILES string of the molecule is Cc1ccc(Cl)c(OCn2ccc(C(=O)Nc3cnn(Cc4ccccc4C)c3)n2)c1. The minimum Gasteiger partial charge on any atom is -0.470 e. The van der Waals surface area contributed by atoms with Gasteiger partial charge >= 0.3 is 0 Å². The number of nitrogens with zero attached hydrogens (tertiary/aromatic N) is 4. The lowest BCUT2D eigenvalue weighted by molar-refractivity contribution is 0.102. The van der Waals surface area contributed by atoms with Gasteiger partial charge in [-0.1, -0.05) is 41.9 Å². The van der Waals surface area contributed by atoms with Gasteiger partial charge in [0.2, 0.25) is 0 Å². The molecule has 0 fully saturated rings. The number of rotatable bonds is 7. The van der Waals surface area contributed by atoms with Crippen LogP contribution in [0.5, 0.6) is 5.75 Å². The van der Waals surface area contributed by atoms with Gasteiger partial charge in [-0.05, 0) is 48.7 Å². The third-order valence-corrected chi connectivity index (χ3v) is 5.11. The second-order valence-electron chi connectivity index (χ2n) is 7.25. The summed E-state index contributed by atoms with van der Waals surface area (Å²) in [5.74, 6) is 0.256. The molecule has 0 spiro atoms. The van der Waals surface area contributed by atoms with Crippen LogP contribution in [0.25, 0.3) is 0 Å². The Kier molecular flexibility index (Phi) is 6.04. The molecule has 0 radical (unpaired) electrons. The Labute approximate surface area is 185 Å². The highest BCUT2D eigenvalue weighted by Gasteiger charge is 2.12. The van der Waals surface area contributed by atoms with E-state index in [4.69, 9.17) is 16.3 Å². The molecule has 158 valence electrons. The van der Waals surface area contributed by atoms with Crippen molar-refractivity contribution in [3.8, 4) is 5.75 Å². The molecule has 0 aliphatic heterocycles. The Balaban J connectivity index is 1.35. The molecule has 7 nitrogen and oxygen atoms in total. The molecule has 4 aromatic rings. The first-order chi connectivity index (χ1) is 15.0. The van der Waals surface area contributed by atoms with E-state index in [1.165, 1.54) is 15.8 Å². The third kappa shape index (κ3) is 5.13. The molecule has 0 unspecified atom stereocenters. The quantitative estimate of drug-likeness (QED) is 0.457. The molecular formula is C23H22ClN5O2. The number of hydrogen-bond donors (Lipinski definition) is 1. The van der Waals surface area contributed by atoms with Crippen molar-refractivity contribution in [3.05, 3.63) is 94.5 Å². The van der Waals surface area contributed by atoms with E-state index in [1.54, 1.807) is 35.4 Å². The summed E-state index contributed by atoms with van der Waals surface area (Å²) in [4.78, 5) is 12.5. The average Bonchev–Trinajstić information content (AvgIpc) is 3.40. The Morgan fingerprint density at radius 2 is 1.97 bits per heavy atom. The number of carbonyl (C=O) groups excluding carboxylic acids is 1. The van der Waals surface area contributed by atoms with E-state index in [9.17, 15) is 4.79 Å². The molecule has 0 aliphatic rings. The van der Waals surface area contributed by atoms with Crippen LogP contribution in [-0.4, -0.2) is 25.5 Å². The minimum atomic E-state index is -0.317. The van der Waals surface area contributed by atoms with E-state index in [0.29, 0.717) is 23.0 Å². The average molecular weight is 436 g/mol. The second-order valence-corrected chi connectivity index (χ2v) is 7.66. The number of ether oxygens (including phenoxy) is 1. The lowest BCUT2D eigenvalue weighted by Crippen LogP contribution is -2.14. The number of anilines is 1. The van der Waals surface area contributed by atoms with E-state index in [2.05, 4.69) is 34.6 Å². The number of benzene rings is 2. The molecule has 2 aromatic heterocycles. The molecule has 4 rings (SSSR count). The van der Waals surface area contributed by atoms with Crippen LogP contribution in [0, 0.1) is 13.8 Å². The van der Waals surface area contributed by atoms with Crippen molar-refractivity contribution in [1.29, 1.82) is 0 Å². The predicted molar refractivity (Wildman–Crippen MR) is 120 cm³/mol.